The Hall–Kier alpha value is -1.40. The van der Waals surface area contributed by atoms with Crippen LogP contribution in [0.5, 0.6) is 0 Å². The van der Waals surface area contributed by atoms with E-state index in [2.05, 4.69) is 15.2 Å². The molecule has 106 valence electrons. The molecule has 6 heteroatoms. The highest BCUT2D eigenvalue weighted by Gasteiger charge is 2.15. The molecule has 1 fully saturated rings. The molecule has 0 radical (unpaired) electrons. The van der Waals surface area contributed by atoms with Gasteiger partial charge in [-0.3, -0.25) is 9.69 Å². The van der Waals surface area contributed by atoms with Crippen molar-refractivity contribution in [2.75, 3.05) is 39.4 Å². The van der Waals surface area contributed by atoms with Crippen LogP contribution in [0.3, 0.4) is 0 Å². The van der Waals surface area contributed by atoms with Crippen molar-refractivity contribution in [3.8, 4) is 0 Å². The number of aryl methyl sites for hydroxylation is 2. The van der Waals surface area contributed by atoms with E-state index in [1.807, 2.05) is 0 Å². The molecule has 1 aromatic heterocycles. The number of aromatic nitrogens is 1. The number of nitrogens with zero attached hydrogens (tertiary/aromatic N) is 2. The number of oxazole rings is 1. The highest BCUT2D eigenvalue weighted by atomic mass is 16.5. The Morgan fingerprint density at radius 1 is 1.37 bits per heavy atom. The lowest BCUT2D eigenvalue weighted by Crippen LogP contribution is -2.38. The third-order valence-corrected chi connectivity index (χ3v) is 3.15. The van der Waals surface area contributed by atoms with Gasteiger partial charge < -0.3 is 14.5 Å². The van der Waals surface area contributed by atoms with Crippen molar-refractivity contribution < 1.29 is 13.9 Å². The summed E-state index contributed by atoms with van der Waals surface area (Å²) in [5, 5.41) is 2.86. The lowest BCUT2D eigenvalue weighted by Gasteiger charge is -2.26. The van der Waals surface area contributed by atoms with Crippen LogP contribution in [0.2, 0.25) is 0 Å². The van der Waals surface area contributed by atoms with Crippen LogP contribution in [0, 0.1) is 13.8 Å². The molecule has 0 atom stereocenters. The molecule has 1 amide bonds. The molecule has 0 aliphatic carbocycles. The van der Waals surface area contributed by atoms with Crippen LogP contribution in [0.4, 0.5) is 0 Å². The first-order valence-corrected chi connectivity index (χ1v) is 6.69. The van der Waals surface area contributed by atoms with Gasteiger partial charge in [0.25, 0.3) is 5.91 Å². The maximum atomic E-state index is 11.9. The molecule has 0 bridgehead atoms. The largest absolute Gasteiger partial charge is 0.436 e. The van der Waals surface area contributed by atoms with Gasteiger partial charge in [-0.2, -0.15) is 0 Å². The van der Waals surface area contributed by atoms with Gasteiger partial charge in [0, 0.05) is 26.6 Å². The number of amides is 1. The van der Waals surface area contributed by atoms with Crippen LogP contribution >= 0.6 is 0 Å². The maximum absolute atomic E-state index is 11.9. The van der Waals surface area contributed by atoms with Crippen molar-refractivity contribution in [3.05, 3.63) is 17.3 Å². The zero-order valence-electron chi connectivity index (χ0n) is 11.6. The van der Waals surface area contributed by atoms with E-state index in [1.165, 1.54) is 0 Å². The Morgan fingerprint density at radius 2 is 2.11 bits per heavy atom. The van der Waals surface area contributed by atoms with Crippen LogP contribution < -0.4 is 5.32 Å². The minimum absolute atomic E-state index is 0.180. The van der Waals surface area contributed by atoms with Gasteiger partial charge in [-0.05, 0) is 19.9 Å². The molecular formula is C13H21N3O3. The van der Waals surface area contributed by atoms with Crippen molar-refractivity contribution >= 4 is 5.91 Å². The van der Waals surface area contributed by atoms with Gasteiger partial charge in [0.15, 0.2) is 5.89 Å². The van der Waals surface area contributed by atoms with Gasteiger partial charge in [0.05, 0.1) is 18.9 Å². The van der Waals surface area contributed by atoms with E-state index in [-0.39, 0.29) is 5.91 Å². The fourth-order valence-electron chi connectivity index (χ4n) is 2.15. The van der Waals surface area contributed by atoms with Gasteiger partial charge in [0.1, 0.15) is 0 Å². The Balaban J connectivity index is 1.67. The second kappa shape index (κ2) is 6.68. The Kier molecular flexibility index (Phi) is 4.93. The van der Waals surface area contributed by atoms with Crippen LogP contribution in [-0.2, 0) is 4.74 Å². The maximum Gasteiger partial charge on any atom is 0.289 e. The molecule has 2 rings (SSSR count). The van der Waals surface area contributed by atoms with Crippen LogP contribution in [0.15, 0.2) is 4.42 Å². The van der Waals surface area contributed by atoms with E-state index in [9.17, 15) is 4.79 Å². The van der Waals surface area contributed by atoms with Crippen LogP contribution in [0.1, 0.15) is 28.6 Å². The summed E-state index contributed by atoms with van der Waals surface area (Å²) >= 11 is 0. The van der Waals surface area contributed by atoms with E-state index in [0.717, 1.165) is 39.3 Å². The Bertz CT molecular complexity index is 425. The number of morpholine rings is 1. The summed E-state index contributed by atoms with van der Waals surface area (Å²) in [5.41, 5.74) is 0.642. The van der Waals surface area contributed by atoms with E-state index < -0.39 is 0 Å². The lowest BCUT2D eigenvalue weighted by atomic mass is 10.3. The molecule has 0 spiro atoms. The van der Waals surface area contributed by atoms with Crippen molar-refractivity contribution in [3.63, 3.8) is 0 Å². The summed E-state index contributed by atoms with van der Waals surface area (Å²) in [5.74, 6) is 0.667. The number of rotatable bonds is 5. The first kappa shape index (κ1) is 14.0. The van der Waals surface area contributed by atoms with E-state index in [0.29, 0.717) is 23.9 Å². The molecule has 1 aliphatic heterocycles. The van der Waals surface area contributed by atoms with Crippen molar-refractivity contribution in [1.82, 2.24) is 15.2 Å². The minimum Gasteiger partial charge on any atom is -0.436 e. The molecule has 1 aromatic rings. The average Bonchev–Trinajstić information content (AvgIpc) is 2.75. The number of nitrogens with one attached hydrogen (secondary N) is 1. The van der Waals surface area contributed by atoms with Gasteiger partial charge in [-0.15, -0.1) is 0 Å². The Morgan fingerprint density at radius 3 is 2.74 bits per heavy atom. The first-order chi connectivity index (χ1) is 9.16. The van der Waals surface area contributed by atoms with Crippen LogP contribution in [-0.4, -0.2) is 55.2 Å². The average molecular weight is 267 g/mol. The zero-order valence-corrected chi connectivity index (χ0v) is 11.6. The summed E-state index contributed by atoms with van der Waals surface area (Å²) in [6, 6.07) is 0. The fourth-order valence-corrected chi connectivity index (χ4v) is 2.15. The van der Waals surface area contributed by atoms with Gasteiger partial charge >= 0.3 is 0 Å². The monoisotopic (exact) mass is 267 g/mol. The molecular weight excluding hydrogens is 246 g/mol. The molecule has 0 aromatic carbocycles. The molecule has 6 nitrogen and oxygen atoms in total. The quantitative estimate of drug-likeness (QED) is 0.797. The Labute approximate surface area is 113 Å². The molecule has 0 unspecified atom stereocenters. The number of hydrogen-bond donors (Lipinski definition) is 1. The molecule has 1 aliphatic rings. The standard InChI is InChI=1S/C13H21N3O3/c1-10-12(19-11(2)15-10)13(17)14-4-3-5-16-6-8-18-9-7-16/h3-9H2,1-2H3,(H,14,17). The third kappa shape index (κ3) is 4.04. The van der Waals surface area contributed by atoms with Gasteiger partial charge in [-0.1, -0.05) is 0 Å². The number of ether oxygens (including phenoxy) is 1. The molecule has 0 saturated carbocycles. The summed E-state index contributed by atoms with van der Waals surface area (Å²) in [6.07, 6.45) is 0.928. The molecule has 2 heterocycles. The fraction of sp³-hybridized carbons (Fsp3) is 0.692. The molecule has 19 heavy (non-hydrogen) atoms. The van der Waals surface area contributed by atoms with E-state index in [1.54, 1.807) is 13.8 Å². The number of carbonyl (C=O) groups is 1. The summed E-state index contributed by atoms with van der Waals surface area (Å²) in [7, 11) is 0. The highest BCUT2D eigenvalue weighted by Crippen LogP contribution is 2.08. The molecule has 1 N–H and O–H groups in total. The van der Waals surface area contributed by atoms with Crippen LogP contribution in [0.25, 0.3) is 0 Å². The van der Waals surface area contributed by atoms with E-state index in [4.69, 9.17) is 9.15 Å². The molecule has 1 saturated heterocycles. The van der Waals surface area contributed by atoms with Crippen molar-refractivity contribution in [2.24, 2.45) is 0 Å². The predicted octanol–water partition coefficient (Wildman–Crippen LogP) is 0.744. The minimum atomic E-state index is -0.180. The van der Waals surface area contributed by atoms with Crippen molar-refractivity contribution in [2.45, 2.75) is 20.3 Å². The van der Waals surface area contributed by atoms with Gasteiger partial charge in [-0.25, -0.2) is 4.98 Å². The third-order valence-electron chi connectivity index (χ3n) is 3.15. The topological polar surface area (TPSA) is 67.6 Å². The van der Waals surface area contributed by atoms with Gasteiger partial charge in [0.2, 0.25) is 5.76 Å². The smallest absolute Gasteiger partial charge is 0.289 e. The predicted molar refractivity (Wildman–Crippen MR) is 70.2 cm³/mol. The summed E-state index contributed by atoms with van der Waals surface area (Å²) in [6.45, 7) is 8.73. The lowest BCUT2D eigenvalue weighted by molar-refractivity contribution is 0.0374. The number of carbonyl (C=O) groups excluding carboxylic acids is 1. The normalized spacial score (nSPS) is 16.5. The number of hydrogen-bond acceptors (Lipinski definition) is 5. The first-order valence-electron chi connectivity index (χ1n) is 6.69. The SMILES string of the molecule is Cc1nc(C)c(C(=O)NCCCN2CCOCC2)o1. The second-order valence-electron chi connectivity index (χ2n) is 4.71. The van der Waals surface area contributed by atoms with Crippen molar-refractivity contribution in [1.29, 1.82) is 0 Å². The highest BCUT2D eigenvalue weighted by molar-refractivity contribution is 5.92. The van der Waals surface area contributed by atoms with E-state index >= 15 is 0 Å². The zero-order chi connectivity index (χ0) is 13.7. The summed E-state index contributed by atoms with van der Waals surface area (Å²) < 4.78 is 10.6. The second-order valence-corrected chi connectivity index (χ2v) is 4.71. The summed E-state index contributed by atoms with van der Waals surface area (Å²) in [4.78, 5) is 18.3.